The zero-order chi connectivity index (χ0) is 17.3. The first kappa shape index (κ1) is 16.9. The molecule has 3 nitrogen and oxygen atoms in total. The molecule has 0 heterocycles. The number of terminal acetylenes is 1. The predicted octanol–water partition coefficient (Wildman–Crippen LogP) is 2.73. The molecule has 0 aromatic carbocycles. The van der Waals surface area contributed by atoms with Crippen molar-refractivity contribution >= 4 is 0 Å². The van der Waals surface area contributed by atoms with Gasteiger partial charge in [0.05, 0.1) is 12.2 Å². The summed E-state index contributed by atoms with van der Waals surface area (Å²) in [5.74, 6) is 4.19. The van der Waals surface area contributed by atoms with E-state index in [0.29, 0.717) is 24.2 Å². The zero-order valence-electron chi connectivity index (χ0n) is 15.0. The Hall–Kier alpha value is -0.560. The van der Waals surface area contributed by atoms with E-state index < -0.39 is 5.60 Å². The van der Waals surface area contributed by atoms with Gasteiger partial charge in [0, 0.05) is 5.41 Å². The Morgan fingerprint density at radius 2 is 1.67 bits per heavy atom. The highest BCUT2D eigenvalue weighted by molar-refractivity contribution is 5.24. The van der Waals surface area contributed by atoms with Crippen LogP contribution in [0.3, 0.4) is 0 Å². The van der Waals surface area contributed by atoms with Gasteiger partial charge in [0.1, 0.15) is 5.60 Å². The first-order chi connectivity index (χ1) is 11.2. The van der Waals surface area contributed by atoms with Gasteiger partial charge in [0.25, 0.3) is 0 Å². The highest BCUT2D eigenvalue weighted by Gasteiger charge is 2.66. The van der Waals surface area contributed by atoms with Crippen molar-refractivity contribution in [2.45, 2.75) is 83.0 Å². The first-order valence-corrected chi connectivity index (χ1v) is 9.81. The van der Waals surface area contributed by atoms with Crippen molar-refractivity contribution in [3.05, 3.63) is 0 Å². The molecule has 0 unspecified atom stereocenters. The van der Waals surface area contributed by atoms with Crippen LogP contribution in [0.1, 0.15) is 65.2 Å². The van der Waals surface area contributed by atoms with Gasteiger partial charge in [0.15, 0.2) is 0 Å². The van der Waals surface area contributed by atoms with Gasteiger partial charge in [-0.2, -0.15) is 0 Å². The highest BCUT2D eigenvalue weighted by Crippen LogP contribution is 2.68. The van der Waals surface area contributed by atoms with E-state index in [1.807, 2.05) is 0 Å². The summed E-state index contributed by atoms with van der Waals surface area (Å²) in [6.45, 7) is 4.56. The molecule has 0 spiro atoms. The molecule has 3 N–H and O–H groups in total. The van der Waals surface area contributed by atoms with Gasteiger partial charge >= 0.3 is 0 Å². The van der Waals surface area contributed by atoms with Gasteiger partial charge in [0.2, 0.25) is 0 Å². The molecule has 4 rings (SSSR count). The van der Waals surface area contributed by atoms with Crippen LogP contribution in [0.15, 0.2) is 0 Å². The number of hydrogen-bond donors (Lipinski definition) is 3. The summed E-state index contributed by atoms with van der Waals surface area (Å²) in [5.41, 5.74) is -1.05. The first-order valence-electron chi connectivity index (χ1n) is 9.81. The Labute approximate surface area is 145 Å². The molecule has 4 saturated carbocycles. The lowest BCUT2D eigenvalue weighted by atomic mass is 9.43. The lowest BCUT2D eigenvalue weighted by molar-refractivity contribution is -0.183. The Bertz CT molecular complexity index is 568. The average Bonchev–Trinajstić information content (AvgIpc) is 2.82. The summed E-state index contributed by atoms with van der Waals surface area (Å²) in [5, 5.41) is 32.1. The van der Waals surface area contributed by atoms with Crippen LogP contribution >= 0.6 is 0 Å². The molecular formula is C21H32O3. The summed E-state index contributed by atoms with van der Waals surface area (Å²) in [6.07, 6.45) is 12.4. The minimum Gasteiger partial charge on any atom is -0.393 e. The van der Waals surface area contributed by atoms with Crippen LogP contribution in [0.4, 0.5) is 0 Å². The summed E-state index contributed by atoms with van der Waals surface area (Å²) in [4.78, 5) is 0. The van der Waals surface area contributed by atoms with Crippen molar-refractivity contribution in [2.24, 2.45) is 34.5 Å². The fourth-order valence-corrected chi connectivity index (χ4v) is 7.46. The van der Waals surface area contributed by atoms with Gasteiger partial charge in [-0.25, -0.2) is 0 Å². The van der Waals surface area contributed by atoms with Crippen LogP contribution in [-0.4, -0.2) is 33.1 Å². The lowest BCUT2D eigenvalue weighted by Crippen LogP contribution is -2.60. The van der Waals surface area contributed by atoms with Gasteiger partial charge in [-0.3, -0.25) is 0 Å². The van der Waals surface area contributed by atoms with E-state index in [-0.39, 0.29) is 29.0 Å². The van der Waals surface area contributed by atoms with E-state index in [9.17, 15) is 15.3 Å². The molecule has 134 valence electrons. The maximum atomic E-state index is 11.0. The molecule has 0 saturated heterocycles. The van der Waals surface area contributed by atoms with Crippen LogP contribution in [-0.2, 0) is 0 Å². The molecule has 4 fully saturated rings. The van der Waals surface area contributed by atoms with Crippen molar-refractivity contribution < 1.29 is 15.3 Å². The quantitative estimate of drug-likeness (QED) is 0.598. The predicted molar refractivity (Wildman–Crippen MR) is 92.9 cm³/mol. The fraction of sp³-hybridized carbons (Fsp3) is 0.905. The highest BCUT2D eigenvalue weighted by atomic mass is 16.3. The molecular weight excluding hydrogens is 300 g/mol. The second kappa shape index (κ2) is 5.22. The van der Waals surface area contributed by atoms with E-state index in [4.69, 9.17) is 6.42 Å². The Kier molecular flexibility index (Phi) is 3.67. The largest absolute Gasteiger partial charge is 0.393 e. The van der Waals surface area contributed by atoms with Gasteiger partial charge in [-0.15, -0.1) is 6.42 Å². The molecule has 0 aromatic heterocycles. The normalized spacial score (nSPS) is 59.8. The third kappa shape index (κ3) is 1.97. The smallest absolute Gasteiger partial charge is 0.130 e. The molecule has 0 bridgehead atoms. The summed E-state index contributed by atoms with van der Waals surface area (Å²) in [7, 11) is 0. The summed E-state index contributed by atoms with van der Waals surface area (Å²) >= 11 is 0. The molecule has 9 atom stereocenters. The molecule has 24 heavy (non-hydrogen) atoms. The van der Waals surface area contributed by atoms with Crippen molar-refractivity contribution in [1.29, 1.82) is 0 Å². The number of hydrogen-bond acceptors (Lipinski definition) is 3. The number of fused-ring (bicyclic) bond motifs is 5. The average molecular weight is 332 g/mol. The third-order valence-electron chi connectivity index (χ3n) is 9.05. The molecule has 0 aliphatic heterocycles. The maximum Gasteiger partial charge on any atom is 0.130 e. The van der Waals surface area contributed by atoms with Crippen molar-refractivity contribution in [1.82, 2.24) is 0 Å². The van der Waals surface area contributed by atoms with E-state index in [2.05, 4.69) is 19.8 Å². The number of aliphatic hydroxyl groups is 3. The molecule has 0 aromatic rings. The van der Waals surface area contributed by atoms with E-state index >= 15 is 0 Å². The number of aliphatic hydroxyl groups excluding tert-OH is 2. The van der Waals surface area contributed by atoms with Gasteiger partial charge in [-0.05, 0) is 80.5 Å². The molecule has 0 amide bonds. The van der Waals surface area contributed by atoms with Crippen molar-refractivity contribution in [2.75, 3.05) is 0 Å². The van der Waals surface area contributed by atoms with E-state index in [0.717, 1.165) is 44.9 Å². The third-order valence-corrected chi connectivity index (χ3v) is 9.05. The standard InChI is InChI=1S/C21H32O3/c1-4-21(24)10-7-16-18-15(6-9-20(16,21)3)19(2)8-5-14(22)11-13(19)12-17(18)23/h1,13-18,22-24H,5-12H2,2-3H3/t13-,14+,15+,16+,17+,18-,19+,20+,21+/m1/s1. The van der Waals surface area contributed by atoms with Crippen LogP contribution in [0.2, 0.25) is 0 Å². The summed E-state index contributed by atoms with van der Waals surface area (Å²) in [6, 6.07) is 0. The molecule has 0 radical (unpaired) electrons. The van der Waals surface area contributed by atoms with Crippen LogP contribution < -0.4 is 0 Å². The minimum absolute atomic E-state index is 0.196. The SMILES string of the molecule is C#C[C@]1(O)CC[C@H]2[C@@H]3[C@@H](O)C[C@H]4C[C@@H](O)CC[C@]4(C)[C@H]3CC[C@@]21C. The van der Waals surface area contributed by atoms with E-state index in [1.54, 1.807) is 0 Å². The minimum atomic E-state index is -1.01. The molecule has 4 aliphatic rings. The topological polar surface area (TPSA) is 60.7 Å². The van der Waals surface area contributed by atoms with Gasteiger partial charge in [-0.1, -0.05) is 19.8 Å². The monoisotopic (exact) mass is 332 g/mol. The molecule has 3 heteroatoms. The Morgan fingerprint density at radius 3 is 2.38 bits per heavy atom. The number of rotatable bonds is 0. The van der Waals surface area contributed by atoms with Crippen molar-refractivity contribution in [3.8, 4) is 12.3 Å². The second-order valence-electron chi connectivity index (χ2n) is 9.72. The second-order valence-corrected chi connectivity index (χ2v) is 9.72. The van der Waals surface area contributed by atoms with Crippen LogP contribution in [0, 0.1) is 46.8 Å². The molecule has 4 aliphatic carbocycles. The summed E-state index contributed by atoms with van der Waals surface area (Å²) < 4.78 is 0. The van der Waals surface area contributed by atoms with Crippen molar-refractivity contribution in [3.63, 3.8) is 0 Å². The van der Waals surface area contributed by atoms with Crippen LogP contribution in [0.5, 0.6) is 0 Å². The Balaban J connectivity index is 1.69. The maximum absolute atomic E-state index is 11.0. The lowest BCUT2D eigenvalue weighted by Gasteiger charge is -2.62. The Morgan fingerprint density at radius 1 is 0.958 bits per heavy atom. The van der Waals surface area contributed by atoms with Gasteiger partial charge < -0.3 is 15.3 Å². The zero-order valence-corrected chi connectivity index (χ0v) is 15.0. The van der Waals surface area contributed by atoms with Crippen LogP contribution in [0.25, 0.3) is 0 Å². The van der Waals surface area contributed by atoms with E-state index in [1.165, 1.54) is 0 Å². The fourth-order valence-electron chi connectivity index (χ4n) is 7.46.